The quantitative estimate of drug-likeness (QED) is 0.663. The van der Waals surface area contributed by atoms with E-state index in [0.29, 0.717) is 11.3 Å². The average molecular weight is 302 g/mol. The molecule has 0 fully saturated rings. The lowest BCUT2D eigenvalue weighted by Crippen LogP contribution is -1.80. The van der Waals surface area contributed by atoms with E-state index in [1.807, 2.05) is 48.5 Å². The Bertz CT molecular complexity index is 854. The Balaban J connectivity index is 1.75. The highest BCUT2D eigenvalue weighted by molar-refractivity contribution is 5.80. The molecule has 0 saturated carbocycles. The molecule has 2 aromatic carbocycles. The molecule has 0 aliphatic rings. The Labute approximate surface area is 134 Å². The Morgan fingerprint density at radius 2 is 1.74 bits per heavy atom. The molecular weight excluding hydrogens is 288 g/mol. The van der Waals surface area contributed by atoms with Crippen molar-refractivity contribution in [3.05, 3.63) is 72.0 Å². The van der Waals surface area contributed by atoms with E-state index in [1.165, 1.54) is 0 Å². The summed E-state index contributed by atoms with van der Waals surface area (Å²) in [7, 11) is 1.63. The molecular formula is C19H14N2O2. The second-order valence-corrected chi connectivity index (χ2v) is 4.85. The summed E-state index contributed by atoms with van der Waals surface area (Å²) >= 11 is 0. The van der Waals surface area contributed by atoms with E-state index in [-0.39, 0.29) is 0 Å². The van der Waals surface area contributed by atoms with Gasteiger partial charge in [-0.05, 0) is 60.7 Å². The lowest BCUT2D eigenvalue weighted by Gasteiger charge is -1.98. The van der Waals surface area contributed by atoms with Crippen LogP contribution in [0.1, 0.15) is 11.3 Å². The molecule has 4 nitrogen and oxygen atoms in total. The van der Waals surface area contributed by atoms with Gasteiger partial charge in [-0.15, -0.1) is 0 Å². The fourth-order valence-electron chi connectivity index (χ4n) is 2.09. The highest BCUT2D eigenvalue weighted by Gasteiger charge is 2.03. The summed E-state index contributed by atoms with van der Waals surface area (Å²) in [5.74, 6) is 2.20. The molecule has 0 aliphatic heterocycles. The SMILES string of the molecule is COc1ccc(N=Cc2ccc(-c3ccc(C#N)cc3)o2)cc1. The molecule has 4 heteroatoms. The van der Waals surface area contributed by atoms with Crippen molar-refractivity contribution in [2.45, 2.75) is 0 Å². The number of hydrogen-bond acceptors (Lipinski definition) is 4. The maximum atomic E-state index is 8.82. The second-order valence-electron chi connectivity index (χ2n) is 4.85. The zero-order valence-electron chi connectivity index (χ0n) is 12.6. The van der Waals surface area contributed by atoms with Gasteiger partial charge in [0.05, 0.1) is 30.6 Å². The van der Waals surface area contributed by atoms with Crippen molar-refractivity contribution >= 4 is 11.9 Å². The molecule has 3 aromatic rings. The number of aliphatic imine (C=N–C) groups is 1. The van der Waals surface area contributed by atoms with Gasteiger partial charge in [-0.25, -0.2) is 0 Å². The Morgan fingerprint density at radius 1 is 1.00 bits per heavy atom. The normalized spacial score (nSPS) is 10.6. The standard InChI is InChI=1S/C19H14N2O2/c1-22-17-8-6-16(7-9-17)21-13-18-10-11-19(23-18)15-4-2-14(12-20)3-5-15/h2-11,13H,1H3. The summed E-state index contributed by atoms with van der Waals surface area (Å²) in [5, 5.41) is 8.82. The predicted octanol–water partition coefficient (Wildman–Crippen LogP) is 4.58. The summed E-state index contributed by atoms with van der Waals surface area (Å²) in [6.07, 6.45) is 1.68. The summed E-state index contributed by atoms with van der Waals surface area (Å²) in [6, 6.07) is 20.6. The van der Waals surface area contributed by atoms with E-state index in [1.54, 1.807) is 25.5 Å². The lowest BCUT2D eigenvalue weighted by molar-refractivity contribution is 0.415. The first-order valence-corrected chi connectivity index (χ1v) is 7.07. The van der Waals surface area contributed by atoms with Crippen LogP contribution in [0.5, 0.6) is 5.75 Å². The molecule has 0 atom stereocenters. The van der Waals surface area contributed by atoms with E-state index >= 15 is 0 Å². The molecule has 0 amide bonds. The third-order valence-electron chi connectivity index (χ3n) is 3.34. The van der Waals surface area contributed by atoms with Crippen molar-refractivity contribution in [2.24, 2.45) is 4.99 Å². The molecule has 0 unspecified atom stereocenters. The van der Waals surface area contributed by atoms with Crippen LogP contribution in [0.15, 0.2) is 70.1 Å². The highest BCUT2D eigenvalue weighted by Crippen LogP contribution is 2.23. The number of nitriles is 1. The van der Waals surface area contributed by atoms with Crippen molar-refractivity contribution in [3.8, 4) is 23.1 Å². The first-order valence-electron chi connectivity index (χ1n) is 7.07. The number of ether oxygens (including phenoxy) is 1. The topological polar surface area (TPSA) is 58.5 Å². The van der Waals surface area contributed by atoms with Crippen molar-refractivity contribution in [1.82, 2.24) is 0 Å². The van der Waals surface area contributed by atoms with Gasteiger partial charge < -0.3 is 9.15 Å². The van der Waals surface area contributed by atoms with Crippen LogP contribution in [0.4, 0.5) is 5.69 Å². The van der Waals surface area contributed by atoms with Crippen LogP contribution < -0.4 is 4.74 Å². The number of hydrogen-bond donors (Lipinski definition) is 0. The smallest absolute Gasteiger partial charge is 0.145 e. The van der Waals surface area contributed by atoms with E-state index in [4.69, 9.17) is 14.4 Å². The minimum Gasteiger partial charge on any atom is -0.497 e. The number of nitrogens with zero attached hydrogens (tertiary/aromatic N) is 2. The van der Waals surface area contributed by atoms with Crippen LogP contribution in [-0.4, -0.2) is 13.3 Å². The molecule has 3 rings (SSSR count). The Kier molecular flexibility index (Phi) is 4.21. The van der Waals surface area contributed by atoms with Gasteiger partial charge in [0, 0.05) is 5.56 Å². The molecule has 0 spiro atoms. The maximum Gasteiger partial charge on any atom is 0.145 e. The Hall–Kier alpha value is -3.32. The summed E-state index contributed by atoms with van der Waals surface area (Å²) < 4.78 is 10.9. The maximum absolute atomic E-state index is 8.82. The monoisotopic (exact) mass is 302 g/mol. The van der Waals surface area contributed by atoms with Gasteiger partial charge in [0.15, 0.2) is 0 Å². The minimum atomic E-state index is 0.626. The molecule has 0 N–H and O–H groups in total. The van der Waals surface area contributed by atoms with Gasteiger partial charge >= 0.3 is 0 Å². The molecule has 0 bridgehead atoms. The minimum absolute atomic E-state index is 0.626. The van der Waals surface area contributed by atoms with Gasteiger partial charge in [-0.1, -0.05) is 0 Å². The van der Waals surface area contributed by atoms with Crippen LogP contribution >= 0.6 is 0 Å². The van der Waals surface area contributed by atoms with Crippen LogP contribution in [0.2, 0.25) is 0 Å². The zero-order chi connectivity index (χ0) is 16.1. The van der Waals surface area contributed by atoms with Crippen LogP contribution in [0.25, 0.3) is 11.3 Å². The van der Waals surface area contributed by atoms with E-state index in [0.717, 1.165) is 22.8 Å². The number of methoxy groups -OCH3 is 1. The zero-order valence-corrected chi connectivity index (χ0v) is 12.6. The fourth-order valence-corrected chi connectivity index (χ4v) is 2.09. The number of rotatable bonds is 4. The molecule has 0 radical (unpaired) electrons. The van der Waals surface area contributed by atoms with Gasteiger partial charge in [0.25, 0.3) is 0 Å². The lowest BCUT2D eigenvalue weighted by atomic mass is 10.1. The molecule has 0 aliphatic carbocycles. The van der Waals surface area contributed by atoms with Gasteiger partial charge in [-0.3, -0.25) is 4.99 Å². The van der Waals surface area contributed by atoms with Gasteiger partial charge in [-0.2, -0.15) is 5.26 Å². The van der Waals surface area contributed by atoms with Gasteiger partial charge in [0.2, 0.25) is 0 Å². The third-order valence-corrected chi connectivity index (χ3v) is 3.34. The first kappa shape index (κ1) is 14.6. The van der Waals surface area contributed by atoms with E-state index < -0.39 is 0 Å². The molecule has 1 heterocycles. The molecule has 0 saturated heterocycles. The van der Waals surface area contributed by atoms with E-state index in [9.17, 15) is 0 Å². The number of furan rings is 1. The van der Waals surface area contributed by atoms with Crippen molar-refractivity contribution in [2.75, 3.05) is 7.11 Å². The van der Waals surface area contributed by atoms with Crippen LogP contribution in [-0.2, 0) is 0 Å². The first-order chi connectivity index (χ1) is 11.3. The predicted molar refractivity (Wildman–Crippen MR) is 89.1 cm³/mol. The summed E-state index contributed by atoms with van der Waals surface area (Å²) in [5.41, 5.74) is 2.37. The molecule has 1 aromatic heterocycles. The van der Waals surface area contributed by atoms with Crippen LogP contribution in [0, 0.1) is 11.3 Å². The molecule has 23 heavy (non-hydrogen) atoms. The van der Waals surface area contributed by atoms with Gasteiger partial charge in [0.1, 0.15) is 17.3 Å². The van der Waals surface area contributed by atoms with Crippen molar-refractivity contribution in [1.29, 1.82) is 5.26 Å². The number of benzene rings is 2. The second kappa shape index (κ2) is 6.63. The fraction of sp³-hybridized carbons (Fsp3) is 0.0526. The molecule has 112 valence electrons. The average Bonchev–Trinajstić information content (AvgIpc) is 3.09. The summed E-state index contributed by atoms with van der Waals surface area (Å²) in [4.78, 5) is 4.37. The highest BCUT2D eigenvalue weighted by atomic mass is 16.5. The van der Waals surface area contributed by atoms with Crippen LogP contribution in [0.3, 0.4) is 0 Å². The largest absolute Gasteiger partial charge is 0.497 e. The summed E-state index contributed by atoms with van der Waals surface area (Å²) in [6.45, 7) is 0. The van der Waals surface area contributed by atoms with E-state index in [2.05, 4.69) is 11.1 Å². The third kappa shape index (κ3) is 3.47. The van der Waals surface area contributed by atoms with Crippen molar-refractivity contribution < 1.29 is 9.15 Å². The van der Waals surface area contributed by atoms with Crippen molar-refractivity contribution in [3.63, 3.8) is 0 Å². The Morgan fingerprint density at radius 3 is 2.39 bits per heavy atom.